The third-order valence-corrected chi connectivity index (χ3v) is 10.1. The fourth-order valence-corrected chi connectivity index (χ4v) is 7.55. The van der Waals surface area contributed by atoms with Crippen LogP contribution in [0.25, 0.3) is 0 Å². The molecule has 4 atom stereocenters. The first kappa shape index (κ1) is 23.5. The van der Waals surface area contributed by atoms with Crippen LogP contribution in [0.3, 0.4) is 0 Å². The monoisotopic (exact) mass is 464 g/mol. The maximum absolute atomic E-state index is 4.89. The number of halogens is 2. The minimum atomic E-state index is -0.556. The van der Waals surface area contributed by atoms with Gasteiger partial charge in [0.2, 0.25) is 0 Å². The van der Waals surface area contributed by atoms with E-state index in [1.807, 2.05) is 43.9 Å². The van der Waals surface area contributed by atoms with Crippen LogP contribution in [0.2, 0.25) is 0 Å². The molecule has 6 aliphatic carbocycles. The Morgan fingerprint density at radius 3 is 1.31 bits per heavy atom. The van der Waals surface area contributed by atoms with Gasteiger partial charge in [-0.2, -0.15) is 0 Å². The Labute approximate surface area is 197 Å². The Morgan fingerprint density at radius 1 is 0.690 bits per heavy atom. The SMILES string of the molecule is CC12CCC([C]3[C]4[C]([CH][C]31)C1(C)CCC4C1(C)C)C2(C)C.[CH]1[CH][CH][CH][CH]1.[Cl][Ti][Cl]. The molecule has 29 heavy (non-hydrogen) atoms. The molecule has 0 nitrogen and oxygen atoms in total. The molecule has 0 saturated heterocycles. The predicted octanol–water partition coefficient (Wildman–Crippen LogP) is 7.81. The molecule has 6 rings (SSSR count). The molecule has 0 amide bonds. The van der Waals surface area contributed by atoms with Crippen LogP contribution in [-0.2, 0) is 17.0 Å². The van der Waals surface area contributed by atoms with Crippen LogP contribution in [-0.4, -0.2) is 0 Å². The first-order valence-electron chi connectivity index (χ1n) is 11.1. The maximum atomic E-state index is 4.89. The number of fused-ring (bicyclic) bond motifs is 11. The summed E-state index contributed by atoms with van der Waals surface area (Å²) >= 11 is -0.556. The molecular weight excluding hydrogens is 431 g/mol. The quantitative estimate of drug-likeness (QED) is 0.320. The molecule has 0 aromatic carbocycles. The van der Waals surface area contributed by atoms with Crippen molar-refractivity contribution in [1.29, 1.82) is 0 Å². The van der Waals surface area contributed by atoms with E-state index in [4.69, 9.17) is 18.6 Å². The zero-order chi connectivity index (χ0) is 21.2. The molecule has 0 aromatic rings. The van der Waals surface area contributed by atoms with Crippen LogP contribution in [0, 0.1) is 95.7 Å². The molecule has 4 unspecified atom stereocenters. The number of rotatable bonds is 0. The Balaban J connectivity index is 0.000000218. The van der Waals surface area contributed by atoms with Crippen molar-refractivity contribution in [2.24, 2.45) is 33.5 Å². The molecule has 0 N–H and O–H groups in total. The first-order chi connectivity index (χ1) is 13.6. The van der Waals surface area contributed by atoms with Crippen molar-refractivity contribution in [2.75, 3.05) is 0 Å². The molecular formula is C26H34Cl2Ti. The molecule has 4 bridgehead atoms. The zero-order valence-electron chi connectivity index (χ0n) is 18.7. The van der Waals surface area contributed by atoms with Crippen molar-refractivity contribution < 1.29 is 17.0 Å². The Bertz CT molecular complexity index is 558. The molecule has 0 heterocycles. The molecule has 3 heteroatoms. The summed E-state index contributed by atoms with van der Waals surface area (Å²) in [6.07, 6.45) is 18.4. The minimum absolute atomic E-state index is 0.442. The van der Waals surface area contributed by atoms with Crippen LogP contribution >= 0.6 is 18.6 Å². The van der Waals surface area contributed by atoms with E-state index in [2.05, 4.69) is 48.0 Å². The standard InChI is InChI=1S/C21H29.C5H5.2ClH.Ti/c1-18(2)12-7-9-20(18,5)14-11-15-17(16(12)14)13-8-10-21(15,6)19(13,3)4;1-2-4-5-3-1;;;/h11-13H,7-10H2,1-6H3;1-5H;2*1H;/q;;;;+2/p-2. The van der Waals surface area contributed by atoms with Gasteiger partial charge >= 0.3 is 35.6 Å². The number of hydrogen-bond acceptors (Lipinski definition) is 0. The van der Waals surface area contributed by atoms with Crippen molar-refractivity contribution in [3.63, 3.8) is 0 Å². The zero-order valence-corrected chi connectivity index (χ0v) is 21.8. The van der Waals surface area contributed by atoms with Gasteiger partial charge in [0.05, 0.1) is 0 Å². The molecule has 0 aliphatic heterocycles. The van der Waals surface area contributed by atoms with Gasteiger partial charge < -0.3 is 0 Å². The van der Waals surface area contributed by atoms with Gasteiger partial charge in [-0.1, -0.05) is 41.5 Å². The molecule has 10 radical (unpaired) electrons. The van der Waals surface area contributed by atoms with E-state index in [1.54, 1.807) is 11.8 Å². The average Bonchev–Trinajstić information content (AvgIpc) is 3.44. The van der Waals surface area contributed by atoms with E-state index in [-0.39, 0.29) is 0 Å². The second-order valence-corrected chi connectivity index (χ2v) is 13.7. The normalized spacial score (nSPS) is 44.1. The van der Waals surface area contributed by atoms with E-state index >= 15 is 0 Å². The number of hydrogen-bond donors (Lipinski definition) is 0. The van der Waals surface area contributed by atoms with E-state index < -0.39 is 17.0 Å². The topological polar surface area (TPSA) is 0 Å². The van der Waals surface area contributed by atoms with Crippen LogP contribution in [0.1, 0.15) is 67.2 Å². The third kappa shape index (κ3) is 3.07. The van der Waals surface area contributed by atoms with Crippen molar-refractivity contribution in [3.8, 4) is 0 Å². The van der Waals surface area contributed by atoms with Crippen LogP contribution in [0.5, 0.6) is 0 Å². The predicted molar refractivity (Wildman–Crippen MR) is 120 cm³/mol. The Morgan fingerprint density at radius 2 is 1.00 bits per heavy atom. The molecule has 0 aromatic heterocycles. The summed E-state index contributed by atoms with van der Waals surface area (Å²) in [6, 6.07) is 0. The van der Waals surface area contributed by atoms with E-state index in [9.17, 15) is 0 Å². The third-order valence-electron chi connectivity index (χ3n) is 10.1. The second kappa shape index (κ2) is 7.96. The van der Waals surface area contributed by atoms with E-state index in [0.717, 1.165) is 11.8 Å². The Hall–Kier alpha value is 1.29. The first-order valence-corrected chi connectivity index (χ1v) is 15.3. The van der Waals surface area contributed by atoms with Gasteiger partial charge in [0, 0.05) is 0 Å². The van der Waals surface area contributed by atoms with Crippen LogP contribution in [0.4, 0.5) is 0 Å². The average molecular weight is 465 g/mol. The van der Waals surface area contributed by atoms with Gasteiger partial charge in [0.15, 0.2) is 0 Å². The van der Waals surface area contributed by atoms with Crippen molar-refractivity contribution in [1.82, 2.24) is 0 Å². The van der Waals surface area contributed by atoms with E-state index in [0.29, 0.717) is 21.7 Å². The fraction of sp³-hybridized carbons (Fsp3) is 0.615. The molecule has 6 aliphatic rings. The summed E-state index contributed by atoms with van der Waals surface area (Å²) in [6.45, 7) is 15.3. The van der Waals surface area contributed by atoms with Crippen LogP contribution in [0.15, 0.2) is 0 Å². The van der Waals surface area contributed by atoms with Gasteiger partial charge in [0.25, 0.3) is 0 Å². The summed E-state index contributed by atoms with van der Waals surface area (Å²) in [7, 11) is 9.78. The summed E-state index contributed by atoms with van der Waals surface area (Å²) in [5.41, 5.74) is 1.83. The van der Waals surface area contributed by atoms with Crippen molar-refractivity contribution in [2.45, 2.75) is 67.2 Å². The van der Waals surface area contributed by atoms with Gasteiger partial charge in [0.1, 0.15) is 0 Å². The molecule has 6 saturated carbocycles. The van der Waals surface area contributed by atoms with Gasteiger partial charge in [-0.3, -0.25) is 0 Å². The molecule has 156 valence electrons. The fourth-order valence-electron chi connectivity index (χ4n) is 7.55. The van der Waals surface area contributed by atoms with Gasteiger partial charge in [-0.25, -0.2) is 0 Å². The molecule has 6 fully saturated rings. The summed E-state index contributed by atoms with van der Waals surface area (Å²) in [5, 5.41) is 0. The summed E-state index contributed by atoms with van der Waals surface area (Å²) in [4.78, 5) is 0. The second-order valence-electron chi connectivity index (χ2n) is 11.1. The van der Waals surface area contributed by atoms with Gasteiger partial charge in [-0.15, -0.1) is 0 Å². The van der Waals surface area contributed by atoms with E-state index in [1.165, 1.54) is 25.7 Å². The Kier molecular flexibility index (Phi) is 6.43. The summed E-state index contributed by atoms with van der Waals surface area (Å²) in [5.74, 6) is 8.88. The van der Waals surface area contributed by atoms with Crippen molar-refractivity contribution >= 4 is 18.6 Å². The van der Waals surface area contributed by atoms with Crippen LogP contribution < -0.4 is 0 Å². The van der Waals surface area contributed by atoms with Crippen molar-refractivity contribution in [3.05, 3.63) is 62.2 Å². The molecule has 0 spiro atoms. The van der Waals surface area contributed by atoms with Gasteiger partial charge in [-0.05, 0) is 121 Å². The summed E-state index contributed by atoms with van der Waals surface area (Å²) < 4.78 is 0.